The Morgan fingerprint density at radius 3 is 2.53 bits per heavy atom. The molecule has 4 heteroatoms. The number of aliphatic hydroxyl groups excluding tert-OH is 1. The van der Waals surface area contributed by atoms with Crippen molar-refractivity contribution in [3.8, 4) is 0 Å². The SMILES string of the molecule is NCCCCCC(=O)NCC1CCC(O)CC1. The molecule has 1 aliphatic rings. The molecule has 0 unspecified atom stereocenters. The molecule has 0 aromatic heterocycles. The maximum absolute atomic E-state index is 11.5. The Kier molecular flexibility index (Phi) is 7.21. The van der Waals surface area contributed by atoms with Crippen LogP contribution in [0.2, 0.25) is 0 Å². The molecule has 100 valence electrons. The Bertz CT molecular complexity index is 213. The van der Waals surface area contributed by atoms with E-state index < -0.39 is 0 Å². The van der Waals surface area contributed by atoms with Crippen LogP contribution < -0.4 is 11.1 Å². The first kappa shape index (κ1) is 14.5. The number of aliphatic hydroxyl groups is 1. The van der Waals surface area contributed by atoms with Gasteiger partial charge < -0.3 is 16.2 Å². The number of hydrogen-bond acceptors (Lipinski definition) is 3. The molecule has 0 bridgehead atoms. The van der Waals surface area contributed by atoms with E-state index in [1.54, 1.807) is 0 Å². The molecule has 0 aliphatic heterocycles. The predicted molar refractivity (Wildman–Crippen MR) is 68.5 cm³/mol. The van der Waals surface area contributed by atoms with Gasteiger partial charge in [-0.15, -0.1) is 0 Å². The van der Waals surface area contributed by atoms with Crippen molar-refractivity contribution in [3.63, 3.8) is 0 Å². The molecule has 0 atom stereocenters. The average Bonchev–Trinajstić information content (AvgIpc) is 2.34. The largest absolute Gasteiger partial charge is 0.393 e. The van der Waals surface area contributed by atoms with Crippen molar-refractivity contribution in [3.05, 3.63) is 0 Å². The summed E-state index contributed by atoms with van der Waals surface area (Å²) in [5.41, 5.74) is 5.39. The van der Waals surface area contributed by atoms with Gasteiger partial charge in [0, 0.05) is 13.0 Å². The molecule has 1 fully saturated rings. The molecule has 0 saturated heterocycles. The van der Waals surface area contributed by atoms with Crippen LogP contribution in [-0.2, 0) is 4.79 Å². The van der Waals surface area contributed by atoms with Gasteiger partial charge in [0.15, 0.2) is 0 Å². The second-order valence-electron chi connectivity index (χ2n) is 5.08. The Hall–Kier alpha value is -0.610. The second kappa shape index (κ2) is 8.48. The van der Waals surface area contributed by atoms with Crippen LogP contribution in [0.3, 0.4) is 0 Å². The van der Waals surface area contributed by atoms with E-state index in [0.717, 1.165) is 51.5 Å². The number of amides is 1. The third-order valence-electron chi connectivity index (χ3n) is 3.51. The number of hydrogen-bond donors (Lipinski definition) is 3. The quantitative estimate of drug-likeness (QED) is 0.587. The predicted octanol–water partition coefficient (Wildman–Crippen LogP) is 1.17. The van der Waals surface area contributed by atoms with Crippen molar-refractivity contribution in [2.75, 3.05) is 13.1 Å². The van der Waals surface area contributed by atoms with Gasteiger partial charge in [-0.3, -0.25) is 4.79 Å². The lowest BCUT2D eigenvalue weighted by Crippen LogP contribution is -2.31. The number of nitrogens with two attached hydrogens (primary N) is 1. The van der Waals surface area contributed by atoms with E-state index in [2.05, 4.69) is 5.32 Å². The van der Waals surface area contributed by atoms with Gasteiger partial charge in [-0.2, -0.15) is 0 Å². The van der Waals surface area contributed by atoms with Crippen LogP contribution in [0.5, 0.6) is 0 Å². The molecule has 4 N–H and O–H groups in total. The van der Waals surface area contributed by atoms with Gasteiger partial charge in [0.05, 0.1) is 6.10 Å². The Morgan fingerprint density at radius 2 is 1.88 bits per heavy atom. The minimum absolute atomic E-state index is 0.113. The van der Waals surface area contributed by atoms with Crippen LogP contribution in [0.4, 0.5) is 0 Å². The average molecular weight is 242 g/mol. The van der Waals surface area contributed by atoms with Crippen LogP contribution in [0.25, 0.3) is 0 Å². The highest BCUT2D eigenvalue weighted by molar-refractivity contribution is 5.75. The lowest BCUT2D eigenvalue weighted by atomic mass is 9.87. The van der Waals surface area contributed by atoms with E-state index in [1.165, 1.54) is 0 Å². The highest BCUT2D eigenvalue weighted by atomic mass is 16.3. The van der Waals surface area contributed by atoms with Crippen molar-refractivity contribution < 1.29 is 9.90 Å². The third kappa shape index (κ3) is 6.64. The van der Waals surface area contributed by atoms with E-state index in [0.29, 0.717) is 18.9 Å². The fourth-order valence-electron chi connectivity index (χ4n) is 2.30. The molecular weight excluding hydrogens is 216 g/mol. The molecule has 1 amide bonds. The highest BCUT2D eigenvalue weighted by Crippen LogP contribution is 2.23. The normalized spacial score (nSPS) is 24.6. The van der Waals surface area contributed by atoms with Gasteiger partial charge in [-0.05, 0) is 51.0 Å². The van der Waals surface area contributed by atoms with Gasteiger partial charge in [0.2, 0.25) is 5.91 Å². The molecule has 0 heterocycles. The van der Waals surface area contributed by atoms with E-state index in [1.807, 2.05) is 0 Å². The van der Waals surface area contributed by atoms with E-state index in [-0.39, 0.29) is 12.0 Å². The molecule has 0 spiro atoms. The first-order valence-electron chi connectivity index (χ1n) is 6.87. The van der Waals surface area contributed by atoms with Crippen molar-refractivity contribution in [2.24, 2.45) is 11.7 Å². The Balaban J connectivity index is 1.99. The van der Waals surface area contributed by atoms with Crippen molar-refractivity contribution >= 4 is 5.91 Å². The summed E-state index contributed by atoms with van der Waals surface area (Å²) >= 11 is 0. The summed E-state index contributed by atoms with van der Waals surface area (Å²) in [5.74, 6) is 0.722. The zero-order chi connectivity index (χ0) is 12.5. The number of rotatable bonds is 7. The molecule has 0 radical (unpaired) electrons. The van der Waals surface area contributed by atoms with Crippen LogP contribution in [0.1, 0.15) is 51.4 Å². The lowest BCUT2D eigenvalue weighted by molar-refractivity contribution is -0.121. The summed E-state index contributed by atoms with van der Waals surface area (Å²) in [7, 11) is 0. The fourth-order valence-corrected chi connectivity index (χ4v) is 2.30. The molecular formula is C13H26N2O2. The van der Waals surface area contributed by atoms with Crippen molar-refractivity contribution in [2.45, 2.75) is 57.5 Å². The van der Waals surface area contributed by atoms with E-state index >= 15 is 0 Å². The third-order valence-corrected chi connectivity index (χ3v) is 3.51. The van der Waals surface area contributed by atoms with Crippen molar-refractivity contribution in [1.29, 1.82) is 0 Å². The lowest BCUT2D eigenvalue weighted by Gasteiger charge is -2.25. The summed E-state index contributed by atoms with van der Waals surface area (Å²) < 4.78 is 0. The molecule has 0 aromatic rings. The second-order valence-corrected chi connectivity index (χ2v) is 5.08. The number of nitrogens with one attached hydrogen (secondary N) is 1. The van der Waals surface area contributed by atoms with E-state index in [9.17, 15) is 9.90 Å². The molecule has 17 heavy (non-hydrogen) atoms. The maximum atomic E-state index is 11.5. The summed E-state index contributed by atoms with van der Waals surface area (Å²) in [5, 5.41) is 12.4. The molecule has 1 rings (SSSR count). The number of unbranched alkanes of at least 4 members (excludes halogenated alkanes) is 2. The molecule has 1 saturated carbocycles. The van der Waals surface area contributed by atoms with E-state index in [4.69, 9.17) is 5.73 Å². The topological polar surface area (TPSA) is 75.4 Å². The Morgan fingerprint density at radius 1 is 1.18 bits per heavy atom. The number of carbonyl (C=O) groups excluding carboxylic acids is 1. The molecule has 1 aliphatic carbocycles. The minimum atomic E-state index is -0.113. The smallest absolute Gasteiger partial charge is 0.220 e. The number of carbonyl (C=O) groups is 1. The van der Waals surface area contributed by atoms with Crippen LogP contribution in [0, 0.1) is 5.92 Å². The monoisotopic (exact) mass is 242 g/mol. The van der Waals surface area contributed by atoms with Gasteiger partial charge in [-0.1, -0.05) is 6.42 Å². The summed E-state index contributed by atoms with van der Waals surface area (Å²) in [6.45, 7) is 1.49. The van der Waals surface area contributed by atoms with Crippen LogP contribution >= 0.6 is 0 Å². The van der Waals surface area contributed by atoms with Crippen LogP contribution in [-0.4, -0.2) is 30.2 Å². The summed E-state index contributed by atoms with van der Waals surface area (Å²) in [6, 6.07) is 0. The first-order valence-corrected chi connectivity index (χ1v) is 6.87. The first-order chi connectivity index (χ1) is 8.22. The summed E-state index contributed by atoms with van der Waals surface area (Å²) in [4.78, 5) is 11.5. The highest BCUT2D eigenvalue weighted by Gasteiger charge is 2.19. The standard InChI is InChI=1S/C13H26N2O2/c14-9-3-1-2-4-13(17)15-10-11-5-7-12(16)8-6-11/h11-12,16H,1-10,14H2,(H,15,17). The maximum Gasteiger partial charge on any atom is 0.220 e. The molecule has 0 aromatic carbocycles. The van der Waals surface area contributed by atoms with Gasteiger partial charge in [-0.25, -0.2) is 0 Å². The van der Waals surface area contributed by atoms with Crippen molar-refractivity contribution in [1.82, 2.24) is 5.32 Å². The molecule has 4 nitrogen and oxygen atoms in total. The zero-order valence-corrected chi connectivity index (χ0v) is 10.7. The van der Waals surface area contributed by atoms with Gasteiger partial charge in [0.25, 0.3) is 0 Å². The Labute approximate surface area is 104 Å². The fraction of sp³-hybridized carbons (Fsp3) is 0.923. The minimum Gasteiger partial charge on any atom is -0.393 e. The summed E-state index contributed by atoms with van der Waals surface area (Å²) in [6.07, 6.45) is 7.34. The van der Waals surface area contributed by atoms with Crippen LogP contribution in [0.15, 0.2) is 0 Å². The zero-order valence-electron chi connectivity index (χ0n) is 10.7. The van der Waals surface area contributed by atoms with Gasteiger partial charge >= 0.3 is 0 Å². The van der Waals surface area contributed by atoms with Gasteiger partial charge in [0.1, 0.15) is 0 Å².